The van der Waals surface area contributed by atoms with E-state index in [0.29, 0.717) is 0 Å². The molecular weight excluding hydrogens is 332 g/mol. The molecule has 2 heterocycles. The molecule has 0 amide bonds. The Labute approximate surface area is 137 Å². The average Bonchev–Trinajstić information content (AvgIpc) is 2.58. The maximum atomic E-state index is 10.1. The van der Waals surface area contributed by atoms with Gasteiger partial charge in [-0.05, 0) is 0 Å². The minimum Gasteiger partial charge on any atom is -0.394 e. The van der Waals surface area contributed by atoms with Crippen molar-refractivity contribution in [2.75, 3.05) is 20.3 Å². The highest BCUT2D eigenvalue weighted by molar-refractivity contribution is 4.94. The first-order chi connectivity index (χ1) is 11.3. The van der Waals surface area contributed by atoms with Gasteiger partial charge >= 0.3 is 0 Å². The summed E-state index contributed by atoms with van der Waals surface area (Å²) in [6, 6.07) is 0. The molecule has 24 heavy (non-hydrogen) atoms. The van der Waals surface area contributed by atoms with Gasteiger partial charge in [-0.3, -0.25) is 0 Å². The van der Waals surface area contributed by atoms with E-state index in [2.05, 4.69) is 0 Å². The Balaban J connectivity index is 2.12. The fourth-order valence-corrected chi connectivity index (χ4v) is 2.85. The highest BCUT2D eigenvalue weighted by Gasteiger charge is 2.50. The van der Waals surface area contributed by atoms with E-state index in [4.69, 9.17) is 18.9 Å². The summed E-state index contributed by atoms with van der Waals surface area (Å²) in [7, 11) is 1.27. The van der Waals surface area contributed by atoms with Crippen molar-refractivity contribution in [1.82, 2.24) is 0 Å². The van der Waals surface area contributed by atoms with Crippen molar-refractivity contribution < 1.29 is 54.7 Å². The van der Waals surface area contributed by atoms with E-state index in [9.17, 15) is 35.7 Å². The van der Waals surface area contributed by atoms with Crippen LogP contribution >= 0.6 is 0 Å². The lowest BCUT2D eigenvalue weighted by Gasteiger charge is -2.45. The van der Waals surface area contributed by atoms with Gasteiger partial charge in [-0.1, -0.05) is 0 Å². The van der Waals surface area contributed by atoms with Gasteiger partial charge in [-0.2, -0.15) is 0 Å². The van der Waals surface area contributed by atoms with Crippen molar-refractivity contribution in [1.29, 1.82) is 0 Å². The molecule has 11 heteroatoms. The molecule has 0 aromatic rings. The van der Waals surface area contributed by atoms with Crippen LogP contribution in [0.15, 0.2) is 0 Å². The summed E-state index contributed by atoms with van der Waals surface area (Å²) in [6.07, 6.45) is -14.2. The maximum Gasteiger partial charge on any atom is 0.187 e. The molecule has 2 fully saturated rings. The molecule has 0 aromatic heterocycles. The number of methoxy groups -OCH3 is 1. The number of rotatable bonds is 5. The third kappa shape index (κ3) is 3.71. The molecule has 2 rings (SSSR count). The molecule has 7 N–H and O–H groups in total. The first kappa shape index (κ1) is 19.9. The summed E-state index contributed by atoms with van der Waals surface area (Å²) in [6.45, 7) is -1.18. The van der Waals surface area contributed by atoms with E-state index in [-0.39, 0.29) is 0 Å². The van der Waals surface area contributed by atoms with Crippen molar-refractivity contribution in [3.8, 4) is 0 Å². The summed E-state index contributed by atoms with van der Waals surface area (Å²) in [4.78, 5) is 0. The van der Waals surface area contributed by atoms with E-state index in [1.807, 2.05) is 0 Å². The standard InChI is InChI=1S/C13H24O11/c1-21-10-4(2-14)23-13(9(19)7(10)17)24-11-5(3-15)22-12(20)8(18)6(11)16/h4-20H,2-3H2,1H3/t4?,5?,6-,7-,8-,9-,10-,11-,12+,13-/m1/s1. The quantitative estimate of drug-likeness (QED) is 0.251. The summed E-state index contributed by atoms with van der Waals surface area (Å²) in [5, 5.41) is 67.8. The minimum atomic E-state index is -1.72. The molecule has 142 valence electrons. The lowest BCUT2D eigenvalue weighted by molar-refractivity contribution is -0.356. The number of hydrogen-bond acceptors (Lipinski definition) is 11. The fourth-order valence-electron chi connectivity index (χ4n) is 2.85. The van der Waals surface area contributed by atoms with Gasteiger partial charge in [0, 0.05) is 7.11 Å². The van der Waals surface area contributed by atoms with Gasteiger partial charge in [0.25, 0.3) is 0 Å². The second-order valence-electron chi connectivity index (χ2n) is 5.74. The van der Waals surface area contributed by atoms with E-state index < -0.39 is 74.6 Å². The fraction of sp³-hybridized carbons (Fsp3) is 1.00. The molecule has 10 atom stereocenters. The highest BCUT2D eigenvalue weighted by Crippen LogP contribution is 2.29. The van der Waals surface area contributed by atoms with Gasteiger partial charge in [0.15, 0.2) is 12.6 Å². The third-order valence-corrected chi connectivity index (χ3v) is 4.22. The minimum absolute atomic E-state index is 0.531. The van der Waals surface area contributed by atoms with Crippen molar-refractivity contribution >= 4 is 0 Å². The summed E-state index contributed by atoms with van der Waals surface area (Å²) in [5.41, 5.74) is 0. The Hall–Kier alpha value is -0.440. The Kier molecular flexibility index (Phi) is 6.87. The first-order valence-electron chi connectivity index (χ1n) is 7.46. The predicted molar refractivity (Wildman–Crippen MR) is 73.4 cm³/mol. The third-order valence-electron chi connectivity index (χ3n) is 4.22. The van der Waals surface area contributed by atoms with Crippen LogP contribution in [0.3, 0.4) is 0 Å². The Morgan fingerprint density at radius 1 is 0.750 bits per heavy atom. The smallest absolute Gasteiger partial charge is 0.187 e. The molecule has 2 unspecified atom stereocenters. The second-order valence-corrected chi connectivity index (χ2v) is 5.74. The zero-order valence-electron chi connectivity index (χ0n) is 13.0. The monoisotopic (exact) mass is 356 g/mol. The maximum absolute atomic E-state index is 10.1. The van der Waals surface area contributed by atoms with E-state index in [0.717, 1.165) is 0 Å². The SMILES string of the molecule is CO[C@@H]1C(CO)O[C@H](O[C@@H]2C(CO)O[C@H](O)[C@H](O)[C@H]2O)[C@H](O)[C@H]1O. The average molecular weight is 356 g/mol. The van der Waals surface area contributed by atoms with Crippen LogP contribution in [0.1, 0.15) is 0 Å². The lowest BCUT2D eigenvalue weighted by Crippen LogP contribution is -2.64. The summed E-state index contributed by atoms with van der Waals surface area (Å²) >= 11 is 0. The molecular formula is C13H24O11. The molecule has 0 radical (unpaired) electrons. The summed E-state index contributed by atoms with van der Waals surface area (Å²) in [5.74, 6) is 0. The summed E-state index contributed by atoms with van der Waals surface area (Å²) < 4.78 is 20.6. The topological polar surface area (TPSA) is 179 Å². The number of hydrogen-bond donors (Lipinski definition) is 7. The van der Waals surface area contributed by atoms with Gasteiger partial charge in [-0.15, -0.1) is 0 Å². The number of ether oxygens (including phenoxy) is 4. The molecule has 2 saturated heterocycles. The Morgan fingerprint density at radius 3 is 1.83 bits per heavy atom. The molecule has 0 aliphatic carbocycles. The van der Waals surface area contributed by atoms with Crippen molar-refractivity contribution in [2.45, 2.75) is 61.4 Å². The first-order valence-corrected chi connectivity index (χ1v) is 7.46. The van der Waals surface area contributed by atoms with E-state index in [1.165, 1.54) is 7.11 Å². The molecule has 0 saturated carbocycles. The van der Waals surface area contributed by atoms with Crippen molar-refractivity contribution in [2.24, 2.45) is 0 Å². The van der Waals surface area contributed by atoms with E-state index >= 15 is 0 Å². The van der Waals surface area contributed by atoms with E-state index in [1.54, 1.807) is 0 Å². The molecule has 0 aromatic carbocycles. The highest BCUT2D eigenvalue weighted by atomic mass is 16.7. The van der Waals surface area contributed by atoms with Crippen LogP contribution in [0.25, 0.3) is 0 Å². The van der Waals surface area contributed by atoms with Gasteiger partial charge < -0.3 is 54.7 Å². The molecule has 2 aliphatic heterocycles. The van der Waals surface area contributed by atoms with Gasteiger partial charge in [0.2, 0.25) is 0 Å². The number of aliphatic hydroxyl groups is 7. The lowest BCUT2D eigenvalue weighted by atomic mass is 9.97. The van der Waals surface area contributed by atoms with Gasteiger partial charge in [0.05, 0.1) is 13.2 Å². The van der Waals surface area contributed by atoms with Crippen molar-refractivity contribution in [3.05, 3.63) is 0 Å². The zero-order valence-corrected chi connectivity index (χ0v) is 13.0. The van der Waals surface area contributed by atoms with Crippen LogP contribution < -0.4 is 0 Å². The number of aliphatic hydroxyl groups excluding tert-OH is 7. The van der Waals surface area contributed by atoms with Crippen LogP contribution in [0.4, 0.5) is 0 Å². The second kappa shape index (κ2) is 8.29. The predicted octanol–water partition coefficient (Wildman–Crippen LogP) is -4.74. The largest absolute Gasteiger partial charge is 0.394 e. The van der Waals surface area contributed by atoms with Gasteiger partial charge in [-0.25, -0.2) is 0 Å². The normalized spacial score (nSPS) is 50.0. The zero-order chi connectivity index (χ0) is 18.0. The van der Waals surface area contributed by atoms with Crippen LogP contribution in [0.5, 0.6) is 0 Å². The molecule has 0 bridgehead atoms. The molecule has 2 aliphatic rings. The molecule has 0 spiro atoms. The van der Waals surface area contributed by atoms with Crippen LogP contribution in [0, 0.1) is 0 Å². The van der Waals surface area contributed by atoms with Crippen molar-refractivity contribution in [3.63, 3.8) is 0 Å². The van der Waals surface area contributed by atoms with Crippen LogP contribution in [-0.2, 0) is 18.9 Å². The Bertz CT molecular complexity index is 392. The van der Waals surface area contributed by atoms with Gasteiger partial charge in [0.1, 0.15) is 48.8 Å². The van der Waals surface area contributed by atoms with Crippen LogP contribution in [0.2, 0.25) is 0 Å². The van der Waals surface area contributed by atoms with Crippen LogP contribution in [-0.4, -0.2) is 117 Å². The molecule has 11 nitrogen and oxygen atoms in total. The Morgan fingerprint density at radius 2 is 1.29 bits per heavy atom.